The second-order valence-electron chi connectivity index (χ2n) is 5.52. The highest BCUT2D eigenvalue weighted by molar-refractivity contribution is 8.01. The van der Waals surface area contributed by atoms with Gasteiger partial charge in [-0.1, -0.05) is 17.7 Å². The van der Waals surface area contributed by atoms with E-state index in [2.05, 4.69) is 26.6 Å². The van der Waals surface area contributed by atoms with Crippen LogP contribution < -0.4 is 5.43 Å². The van der Waals surface area contributed by atoms with Gasteiger partial charge in [0, 0.05) is 28.7 Å². The van der Waals surface area contributed by atoms with Crippen molar-refractivity contribution in [2.75, 3.05) is 5.75 Å². The molecule has 0 saturated heterocycles. The third-order valence-electron chi connectivity index (χ3n) is 3.82. The number of benzene rings is 1. The molecule has 0 fully saturated rings. The summed E-state index contributed by atoms with van der Waals surface area (Å²) in [7, 11) is 0. The number of amidine groups is 1. The maximum absolute atomic E-state index is 5.93. The topological polar surface area (TPSA) is 58.9 Å². The summed E-state index contributed by atoms with van der Waals surface area (Å²) in [5.74, 6) is 2.35. The molecule has 0 radical (unpaired) electrons. The average molecular weight is 371 g/mol. The van der Waals surface area contributed by atoms with E-state index in [0.29, 0.717) is 17.5 Å². The zero-order valence-electron chi connectivity index (χ0n) is 13.2. The lowest BCUT2D eigenvalue weighted by molar-refractivity contribution is 0.284. The molecule has 7 heteroatoms. The highest BCUT2D eigenvalue weighted by Crippen LogP contribution is 2.32. The van der Waals surface area contributed by atoms with Crippen LogP contribution in [0.4, 0.5) is 5.69 Å². The van der Waals surface area contributed by atoms with E-state index >= 15 is 0 Å². The van der Waals surface area contributed by atoms with Crippen LogP contribution in [-0.2, 0) is 11.3 Å². The minimum absolute atomic E-state index is 0.0779. The maximum atomic E-state index is 5.93. The van der Waals surface area contributed by atoms with Gasteiger partial charge in [0.1, 0.15) is 11.9 Å². The largest absolute Gasteiger partial charge is 0.474 e. The Balaban J connectivity index is 1.52. The number of halogens is 1. The number of ether oxygens (including phenoxy) is 1. The number of thioether (sulfide) groups is 1. The van der Waals surface area contributed by atoms with Gasteiger partial charge in [-0.25, -0.2) is 4.99 Å². The second-order valence-corrected chi connectivity index (χ2v) is 7.09. The smallest absolute Gasteiger partial charge is 0.224 e. The van der Waals surface area contributed by atoms with Crippen molar-refractivity contribution in [1.29, 1.82) is 0 Å². The molecule has 25 heavy (non-hydrogen) atoms. The van der Waals surface area contributed by atoms with E-state index in [1.54, 1.807) is 24.2 Å². The summed E-state index contributed by atoms with van der Waals surface area (Å²) in [6, 6.07) is 11.3. The summed E-state index contributed by atoms with van der Waals surface area (Å²) >= 11 is 7.71. The number of aliphatic imine (C=N–C) groups is 1. The number of pyridine rings is 1. The van der Waals surface area contributed by atoms with Gasteiger partial charge in [-0.05, 0) is 42.0 Å². The first kappa shape index (κ1) is 16.2. The number of hydrogen-bond donors (Lipinski definition) is 1. The van der Waals surface area contributed by atoms with Crippen molar-refractivity contribution < 1.29 is 4.74 Å². The normalized spacial score (nSPS) is 20.5. The third-order valence-corrected chi connectivity index (χ3v) is 5.22. The zero-order chi connectivity index (χ0) is 17.1. The first-order valence-electron chi connectivity index (χ1n) is 7.81. The van der Waals surface area contributed by atoms with E-state index < -0.39 is 0 Å². The van der Waals surface area contributed by atoms with Crippen molar-refractivity contribution in [3.8, 4) is 0 Å². The Morgan fingerprint density at radius 3 is 2.80 bits per heavy atom. The van der Waals surface area contributed by atoms with Gasteiger partial charge in [0.2, 0.25) is 5.90 Å². The summed E-state index contributed by atoms with van der Waals surface area (Å²) in [5.41, 5.74) is 6.03. The zero-order valence-corrected chi connectivity index (χ0v) is 14.8. The molecule has 2 aromatic rings. The Hall–Kier alpha value is -2.31. The average Bonchev–Trinajstić information content (AvgIpc) is 3.14. The van der Waals surface area contributed by atoms with Gasteiger partial charge >= 0.3 is 0 Å². The predicted octanol–water partition coefficient (Wildman–Crippen LogP) is 3.94. The fourth-order valence-electron chi connectivity index (χ4n) is 2.57. The van der Waals surface area contributed by atoms with E-state index in [0.717, 1.165) is 28.4 Å². The lowest BCUT2D eigenvalue weighted by Gasteiger charge is -2.23. The highest BCUT2D eigenvalue weighted by Gasteiger charge is 2.33. The minimum Gasteiger partial charge on any atom is -0.474 e. The van der Waals surface area contributed by atoms with Crippen molar-refractivity contribution in [3.05, 3.63) is 71.0 Å². The van der Waals surface area contributed by atoms with Crippen LogP contribution >= 0.6 is 23.4 Å². The molecule has 3 heterocycles. The SMILES string of the molecule is Clc1ccc(N=C2NN=C(OCc3ccncc3)C3SCC=C23)cc1. The highest BCUT2D eigenvalue weighted by atomic mass is 35.5. The summed E-state index contributed by atoms with van der Waals surface area (Å²) in [6.07, 6.45) is 5.68. The van der Waals surface area contributed by atoms with Gasteiger partial charge in [-0.3, -0.25) is 10.4 Å². The molecule has 2 aliphatic heterocycles. The molecule has 4 rings (SSSR count). The second kappa shape index (κ2) is 7.29. The Morgan fingerprint density at radius 2 is 2.00 bits per heavy atom. The number of hydrazone groups is 1. The summed E-state index contributed by atoms with van der Waals surface area (Å²) in [6.45, 7) is 0.469. The quantitative estimate of drug-likeness (QED) is 0.889. The van der Waals surface area contributed by atoms with E-state index in [4.69, 9.17) is 16.3 Å². The Bertz CT molecular complexity index is 849. The van der Waals surface area contributed by atoms with Crippen LogP contribution in [0.15, 0.2) is 70.5 Å². The van der Waals surface area contributed by atoms with Crippen LogP contribution in [0.5, 0.6) is 0 Å². The number of nitrogens with zero attached hydrogens (tertiary/aromatic N) is 3. The molecule has 0 amide bonds. The van der Waals surface area contributed by atoms with Crippen molar-refractivity contribution in [2.45, 2.75) is 11.9 Å². The van der Waals surface area contributed by atoms with Gasteiger partial charge in [-0.2, -0.15) is 0 Å². The van der Waals surface area contributed by atoms with Crippen LogP contribution in [0.25, 0.3) is 0 Å². The van der Waals surface area contributed by atoms with E-state index in [-0.39, 0.29) is 5.25 Å². The number of nitrogens with one attached hydrogen (secondary N) is 1. The summed E-state index contributed by atoms with van der Waals surface area (Å²) in [5, 5.41) is 5.16. The third kappa shape index (κ3) is 3.70. The lowest BCUT2D eigenvalue weighted by Crippen LogP contribution is -2.37. The first-order valence-corrected chi connectivity index (χ1v) is 9.24. The number of hydrogen-bond acceptors (Lipinski definition) is 5. The van der Waals surface area contributed by atoms with Crippen molar-refractivity contribution in [3.63, 3.8) is 0 Å². The molecular formula is C18H15ClN4OS. The molecule has 0 aliphatic carbocycles. The van der Waals surface area contributed by atoms with Crippen LogP contribution in [-0.4, -0.2) is 27.7 Å². The van der Waals surface area contributed by atoms with Crippen LogP contribution in [0.2, 0.25) is 5.02 Å². The molecular weight excluding hydrogens is 356 g/mol. The van der Waals surface area contributed by atoms with Gasteiger partial charge in [0.05, 0.1) is 5.69 Å². The Kier molecular flexibility index (Phi) is 4.72. The van der Waals surface area contributed by atoms with Gasteiger partial charge in [-0.15, -0.1) is 16.9 Å². The number of aromatic nitrogens is 1. The van der Waals surface area contributed by atoms with E-state index in [1.807, 2.05) is 36.4 Å². The molecule has 5 nitrogen and oxygen atoms in total. The summed E-state index contributed by atoms with van der Waals surface area (Å²) < 4.78 is 5.92. The molecule has 1 aromatic heterocycles. The molecule has 0 saturated carbocycles. The molecule has 1 atom stereocenters. The Labute approximate surface area is 154 Å². The van der Waals surface area contributed by atoms with Crippen LogP contribution in [0.1, 0.15) is 5.56 Å². The molecule has 1 aromatic carbocycles. The van der Waals surface area contributed by atoms with E-state index in [9.17, 15) is 0 Å². The molecule has 1 N–H and O–H groups in total. The monoisotopic (exact) mass is 370 g/mol. The van der Waals surface area contributed by atoms with Gasteiger partial charge in [0.25, 0.3) is 0 Å². The maximum Gasteiger partial charge on any atom is 0.224 e. The molecule has 2 aliphatic rings. The Morgan fingerprint density at radius 1 is 1.20 bits per heavy atom. The number of rotatable bonds is 3. The van der Waals surface area contributed by atoms with Crippen LogP contribution in [0, 0.1) is 0 Å². The van der Waals surface area contributed by atoms with Crippen molar-refractivity contribution in [1.82, 2.24) is 10.4 Å². The number of fused-ring (bicyclic) bond motifs is 1. The van der Waals surface area contributed by atoms with Crippen molar-refractivity contribution in [2.24, 2.45) is 10.1 Å². The van der Waals surface area contributed by atoms with E-state index in [1.165, 1.54) is 0 Å². The van der Waals surface area contributed by atoms with Gasteiger partial charge < -0.3 is 4.74 Å². The molecule has 126 valence electrons. The summed E-state index contributed by atoms with van der Waals surface area (Å²) in [4.78, 5) is 8.66. The van der Waals surface area contributed by atoms with Crippen LogP contribution in [0.3, 0.4) is 0 Å². The van der Waals surface area contributed by atoms with Crippen molar-refractivity contribution >= 4 is 40.8 Å². The standard InChI is InChI=1S/C18H15ClN4OS/c19-13-1-3-14(4-2-13)21-17-15-7-10-25-16(15)18(23-22-17)24-11-12-5-8-20-9-6-12/h1-9,16H,10-11H2,(H,21,22). The first-order chi connectivity index (χ1) is 12.3. The fraction of sp³-hybridized carbons (Fsp3) is 0.167. The fourth-order valence-corrected chi connectivity index (χ4v) is 3.81. The van der Waals surface area contributed by atoms with Gasteiger partial charge in [0.15, 0.2) is 5.84 Å². The molecule has 0 bridgehead atoms. The molecule has 0 spiro atoms. The predicted molar refractivity (Wildman–Crippen MR) is 102 cm³/mol. The molecule has 1 unspecified atom stereocenters. The lowest BCUT2D eigenvalue weighted by atomic mass is 10.1. The minimum atomic E-state index is 0.0779.